The van der Waals surface area contributed by atoms with Gasteiger partial charge in [0.1, 0.15) is 5.75 Å². The predicted molar refractivity (Wildman–Crippen MR) is 126 cm³/mol. The fourth-order valence-electron chi connectivity index (χ4n) is 3.34. The van der Waals surface area contributed by atoms with Crippen LogP contribution in [0.25, 0.3) is 10.9 Å². The zero-order valence-electron chi connectivity index (χ0n) is 18.0. The molecular weight excluding hydrogens is 406 g/mol. The maximum Gasteiger partial charge on any atom is 0.169 e. The molecule has 4 aromatic rings. The number of methoxy groups -OCH3 is 2. The van der Waals surface area contributed by atoms with Crippen molar-refractivity contribution in [3.05, 3.63) is 72.4 Å². The third-order valence-electron chi connectivity index (χ3n) is 4.89. The van der Waals surface area contributed by atoms with Crippen LogP contribution in [0.4, 0.5) is 11.4 Å². The van der Waals surface area contributed by atoms with Crippen LogP contribution in [0, 0.1) is 0 Å². The lowest BCUT2D eigenvalue weighted by Gasteiger charge is -2.15. The van der Waals surface area contributed by atoms with Crippen LogP contribution < -0.4 is 19.5 Å². The van der Waals surface area contributed by atoms with Crippen molar-refractivity contribution in [3.8, 4) is 28.7 Å². The van der Waals surface area contributed by atoms with E-state index in [1.165, 1.54) is 7.11 Å². The number of nitrogens with zero attached hydrogens (tertiary/aromatic N) is 2. The lowest BCUT2D eigenvalue weighted by Crippen LogP contribution is -1.99. The summed E-state index contributed by atoms with van der Waals surface area (Å²) in [5.74, 6) is 2.39. The second kappa shape index (κ2) is 9.26. The van der Waals surface area contributed by atoms with Crippen molar-refractivity contribution in [2.75, 3.05) is 26.6 Å². The van der Waals surface area contributed by atoms with E-state index in [0.717, 1.165) is 22.3 Å². The topological polar surface area (TPSA) is 85.2 Å². The Kier molecular flexibility index (Phi) is 6.07. The zero-order chi connectivity index (χ0) is 22.5. The van der Waals surface area contributed by atoms with Gasteiger partial charge in [-0.3, -0.25) is 9.98 Å². The van der Waals surface area contributed by atoms with Crippen LogP contribution in [0.1, 0.15) is 5.56 Å². The van der Waals surface area contributed by atoms with Gasteiger partial charge >= 0.3 is 0 Å². The van der Waals surface area contributed by atoms with E-state index < -0.39 is 0 Å². The largest absolute Gasteiger partial charge is 0.504 e. The van der Waals surface area contributed by atoms with E-state index in [1.54, 1.807) is 38.7 Å². The number of nitrogens with one attached hydrogen (secondary N) is 1. The molecule has 1 heterocycles. The molecule has 7 nitrogen and oxygen atoms in total. The lowest BCUT2D eigenvalue weighted by molar-refractivity contribution is 0.374. The van der Waals surface area contributed by atoms with Gasteiger partial charge in [-0.25, -0.2) is 0 Å². The Balaban J connectivity index is 1.67. The molecule has 0 aliphatic heterocycles. The molecule has 162 valence electrons. The van der Waals surface area contributed by atoms with E-state index >= 15 is 0 Å². The highest BCUT2D eigenvalue weighted by atomic mass is 16.5. The van der Waals surface area contributed by atoms with Crippen molar-refractivity contribution < 1.29 is 19.3 Å². The van der Waals surface area contributed by atoms with Crippen molar-refractivity contribution in [3.63, 3.8) is 0 Å². The van der Waals surface area contributed by atoms with E-state index in [1.807, 2.05) is 48.5 Å². The Morgan fingerprint density at radius 1 is 0.938 bits per heavy atom. The third kappa shape index (κ3) is 4.27. The number of aliphatic imine (C=N–C) groups is 1. The first-order valence-electron chi connectivity index (χ1n) is 9.92. The highest BCUT2D eigenvalue weighted by molar-refractivity contribution is 6.03. The quantitative estimate of drug-likeness (QED) is 0.375. The SMILES string of the molecule is CN=Cc1cnc2cc(O)c(OC)cc2c1Nc1ccc(Oc2ccccc2OC)cc1. The van der Waals surface area contributed by atoms with E-state index in [0.29, 0.717) is 28.5 Å². The molecule has 0 atom stereocenters. The molecule has 4 rings (SSSR count). The average Bonchev–Trinajstić information content (AvgIpc) is 2.82. The molecule has 0 aliphatic carbocycles. The molecule has 32 heavy (non-hydrogen) atoms. The Morgan fingerprint density at radius 3 is 2.34 bits per heavy atom. The van der Waals surface area contributed by atoms with Gasteiger partial charge in [0, 0.05) is 42.2 Å². The number of phenols is 1. The van der Waals surface area contributed by atoms with Gasteiger partial charge in [0.2, 0.25) is 0 Å². The summed E-state index contributed by atoms with van der Waals surface area (Å²) in [6.07, 6.45) is 3.44. The number of hydrogen-bond donors (Lipinski definition) is 2. The first-order valence-corrected chi connectivity index (χ1v) is 9.92. The summed E-state index contributed by atoms with van der Waals surface area (Å²) >= 11 is 0. The molecule has 0 radical (unpaired) electrons. The number of phenolic OH excluding ortho intramolecular Hbond substituents is 1. The summed E-state index contributed by atoms with van der Waals surface area (Å²) in [6, 6.07) is 18.4. The fourth-order valence-corrected chi connectivity index (χ4v) is 3.34. The average molecular weight is 429 g/mol. The zero-order valence-corrected chi connectivity index (χ0v) is 18.0. The number of anilines is 2. The molecular formula is C25H23N3O4. The van der Waals surface area contributed by atoms with Crippen LogP contribution in [0.3, 0.4) is 0 Å². The number of para-hydroxylation sites is 2. The minimum Gasteiger partial charge on any atom is -0.504 e. The molecule has 0 fully saturated rings. The Bertz CT molecular complexity index is 1270. The normalized spacial score (nSPS) is 11.0. The van der Waals surface area contributed by atoms with Gasteiger partial charge in [-0.1, -0.05) is 12.1 Å². The molecule has 0 aliphatic rings. The van der Waals surface area contributed by atoms with Crippen molar-refractivity contribution in [2.45, 2.75) is 0 Å². The van der Waals surface area contributed by atoms with E-state index in [2.05, 4.69) is 15.3 Å². The van der Waals surface area contributed by atoms with Gasteiger partial charge < -0.3 is 24.6 Å². The summed E-state index contributed by atoms with van der Waals surface area (Å²) < 4.78 is 16.6. The summed E-state index contributed by atoms with van der Waals surface area (Å²) in [4.78, 5) is 8.57. The number of hydrogen-bond acceptors (Lipinski definition) is 7. The maximum absolute atomic E-state index is 10.1. The van der Waals surface area contributed by atoms with Crippen molar-refractivity contribution >= 4 is 28.5 Å². The molecule has 2 N–H and O–H groups in total. The van der Waals surface area contributed by atoms with Crippen LogP contribution in [-0.4, -0.2) is 37.6 Å². The molecule has 1 aromatic heterocycles. The minimum absolute atomic E-state index is 0.0354. The molecule has 7 heteroatoms. The Morgan fingerprint density at radius 2 is 1.66 bits per heavy atom. The van der Waals surface area contributed by atoms with E-state index in [-0.39, 0.29) is 5.75 Å². The number of benzene rings is 3. The predicted octanol–water partition coefficient (Wildman–Crippen LogP) is 5.54. The lowest BCUT2D eigenvalue weighted by atomic mass is 10.1. The van der Waals surface area contributed by atoms with Gasteiger partial charge in [0.15, 0.2) is 23.0 Å². The molecule has 0 spiro atoms. The summed E-state index contributed by atoms with van der Waals surface area (Å²) in [7, 11) is 4.83. The summed E-state index contributed by atoms with van der Waals surface area (Å²) in [6.45, 7) is 0. The van der Waals surface area contributed by atoms with Crippen LogP contribution in [0.2, 0.25) is 0 Å². The van der Waals surface area contributed by atoms with Gasteiger partial charge in [-0.05, 0) is 42.5 Å². The standard InChI is InChI=1S/C25H23N3O4/c1-26-14-16-15-27-20-13-21(29)24(31-3)12-19(20)25(16)28-17-8-10-18(11-9-17)32-23-7-5-4-6-22(23)30-2/h4-15,29H,1-3H3,(H,27,28). The van der Waals surface area contributed by atoms with Crippen LogP contribution in [-0.2, 0) is 0 Å². The first-order chi connectivity index (χ1) is 15.6. The molecule has 0 unspecified atom stereocenters. The van der Waals surface area contributed by atoms with Crippen LogP contribution in [0.5, 0.6) is 28.7 Å². The van der Waals surface area contributed by atoms with Crippen LogP contribution in [0.15, 0.2) is 71.9 Å². The molecule has 0 bridgehead atoms. The van der Waals surface area contributed by atoms with Crippen molar-refractivity contribution in [1.82, 2.24) is 4.98 Å². The smallest absolute Gasteiger partial charge is 0.169 e. The highest BCUT2D eigenvalue weighted by Crippen LogP contribution is 2.37. The Hall–Kier alpha value is -4.26. The highest BCUT2D eigenvalue weighted by Gasteiger charge is 2.13. The second-order valence-corrected chi connectivity index (χ2v) is 6.92. The number of fused-ring (bicyclic) bond motifs is 1. The number of aromatic nitrogens is 1. The summed E-state index contributed by atoms with van der Waals surface area (Å²) in [5, 5.41) is 14.3. The first kappa shape index (κ1) is 21.0. The molecule has 0 saturated heterocycles. The van der Waals surface area contributed by atoms with Gasteiger partial charge in [0.25, 0.3) is 0 Å². The van der Waals surface area contributed by atoms with Crippen molar-refractivity contribution in [1.29, 1.82) is 0 Å². The molecule has 3 aromatic carbocycles. The van der Waals surface area contributed by atoms with Crippen molar-refractivity contribution in [2.24, 2.45) is 4.99 Å². The van der Waals surface area contributed by atoms with Crippen LogP contribution >= 0.6 is 0 Å². The number of rotatable bonds is 7. The minimum atomic E-state index is 0.0354. The molecule has 0 saturated carbocycles. The number of pyridine rings is 1. The van der Waals surface area contributed by atoms with Gasteiger partial charge in [-0.2, -0.15) is 0 Å². The van der Waals surface area contributed by atoms with Gasteiger partial charge in [-0.15, -0.1) is 0 Å². The third-order valence-corrected chi connectivity index (χ3v) is 4.89. The summed E-state index contributed by atoms with van der Waals surface area (Å²) in [5.41, 5.74) is 3.09. The monoisotopic (exact) mass is 429 g/mol. The fraction of sp³-hybridized carbons (Fsp3) is 0.120. The van der Waals surface area contributed by atoms with Gasteiger partial charge in [0.05, 0.1) is 25.4 Å². The second-order valence-electron chi connectivity index (χ2n) is 6.92. The van der Waals surface area contributed by atoms with E-state index in [9.17, 15) is 5.11 Å². The maximum atomic E-state index is 10.1. The number of aromatic hydroxyl groups is 1. The Labute approximate surface area is 185 Å². The van der Waals surface area contributed by atoms with E-state index in [4.69, 9.17) is 14.2 Å². The number of ether oxygens (including phenoxy) is 3. The molecule has 0 amide bonds.